The molecule has 0 spiro atoms. The molecular weight excluding hydrogens is 400 g/mol. The molecule has 0 radical (unpaired) electrons. The van der Waals surface area contributed by atoms with Crippen LogP contribution in [-0.4, -0.2) is 59.8 Å². The Hall–Kier alpha value is -1.78. The van der Waals surface area contributed by atoms with Gasteiger partial charge in [0.05, 0.1) is 4.90 Å². The van der Waals surface area contributed by atoms with Crippen LogP contribution in [-0.2, 0) is 27.7 Å². The van der Waals surface area contributed by atoms with Crippen molar-refractivity contribution in [1.82, 2.24) is 19.3 Å². The van der Waals surface area contributed by atoms with Crippen LogP contribution in [0.2, 0.25) is 0 Å². The second kappa shape index (κ2) is 8.71. The minimum Gasteiger partial charge on any atom is -0.340 e. The van der Waals surface area contributed by atoms with Crippen molar-refractivity contribution in [2.45, 2.75) is 51.3 Å². The van der Waals surface area contributed by atoms with E-state index in [1.54, 1.807) is 11.0 Å². The predicted molar refractivity (Wildman–Crippen MR) is 106 cm³/mol. The Kier molecular flexibility index (Phi) is 6.51. The van der Waals surface area contributed by atoms with Crippen molar-refractivity contribution in [2.24, 2.45) is 0 Å². The molecule has 3 heterocycles. The third kappa shape index (κ3) is 4.61. The van der Waals surface area contributed by atoms with Crippen LogP contribution in [0.25, 0.3) is 0 Å². The van der Waals surface area contributed by atoms with Crippen LogP contribution in [0.15, 0.2) is 15.5 Å². The Labute approximate surface area is 169 Å². The second-order valence-electron chi connectivity index (χ2n) is 6.92. The molecule has 3 rings (SSSR count). The molecule has 28 heavy (non-hydrogen) atoms. The van der Waals surface area contributed by atoms with E-state index in [0.29, 0.717) is 49.2 Å². The fraction of sp³-hybridized carbons (Fsp3) is 0.611. The van der Waals surface area contributed by atoms with Crippen LogP contribution in [0, 0.1) is 13.8 Å². The number of aryl methyl sites for hydroxylation is 4. The molecule has 1 aliphatic heterocycles. The van der Waals surface area contributed by atoms with Gasteiger partial charge in [0.15, 0.2) is 5.82 Å². The molecule has 1 fully saturated rings. The number of carbonyl (C=O) groups is 1. The maximum absolute atomic E-state index is 12.9. The minimum absolute atomic E-state index is 0.0187. The van der Waals surface area contributed by atoms with Crippen LogP contribution in [0.1, 0.15) is 41.2 Å². The van der Waals surface area contributed by atoms with Gasteiger partial charge >= 0.3 is 0 Å². The van der Waals surface area contributed by atoms with Crippen molar-refractivity contribution in [3.05, 3.63) is 27.5 Å². The summed E-state index contributed by atoms with van der Waals surface area (Å²) in [6, 6.07) is 1.73. The van der Waals surface area contributed by atoms with Gasteiger partial charge in [-0.05, 0) is 26.3 Å². The van der Waals surface area contributed by atoms with E-state index in [2.05, 4.69) is 10.1 Å². The third-order valence-corrected chi connectivity index (χ3v) is 7.86. The van der Waals surface area contributed by atoms with E-state index >= 15 is 0 Å². The second-order valence-corrected chi connectivity index (χ2v) is 10.3. The minimum atomic E-state index is -3.51. The maximum Gasteiger partial charge on any atom is 0.244 e. The summed E-state index contributed by atoms with van der Waals surface area (Å²) in [6.45, 7) is 7.18. The van der Waals surface area contributed by atoms with E-state index in [9.17, 15) is 13.2 Å². The molecule has 0 unspecified atom stereocenters. The predicted octanol–water partition coefficient (Wildman–Crippen LogP) is 2.17. The number of amides is 1. The van der Waals surface area contributed by atoms with E-state index in [1.165, 1.54) is 15.6 Å². The van der Waals surface area contributed by atoms with Gasteiger partial charge in [-0.3, -0.25) is 4.79 Å². The lowest BCUT2D eigenvalue weighted by Crippen LogP contribution is -2.50. The first kappa shape index (κ1) is 20.9. The van der Waals surface area contributed by atoms with Gasteiger partial charge in [-0.25, -0.2) is 8.42 Å². The highest BCUT2D eigenvalue weighted by atomic mass is 32.2. The Morgan fingerprint density at radius 1 is 1.21 bits per heavy atom. The Morgan fingerprint density at radius 3 is 2.54 bits per heavy atom. The van der Waals surface area contributed by atoms with Gasteiger partial charge in [0.25, 0.3) is 0 Å². The Morgan fingerprint density at radius 2 is 1.93 bits per heavy atom. The molecule has 2 aromatic heterocycles. The highest BCUT2D eigenvalue weighted by Crippen LogP contribution is 2.28. The summed E-state index contributed by atoms with van der Waals surface area (Å²) in [5.41, 5.74) is 0. The van der Waals surface area contributed by atoms with Crippen LogP contribution in [0.4, 0.5) is 0 Å². The van der Waals surface area contributed by atoms with Crippen molar-refractivity contribution in [1.29, 1.82) is 0 Å². The summed E-state index contributed by atoms with van der Waals surface area (Å²) in [5.74, 6) is 1.12. The zero-order valence-electron chi connectivity index (χ0n) is 16.5. The summed E-state index contributed by atoms with van der Waals surface area (Å²) in [4.78, 5) is 20.6. The molecule has 0 bridgehead atoms. The third-order valence-electron chi connectivity index (χ3n) is 4.74. The van der Waals surface area contributed by atoms with Crippen molar-refractivity contribution in [3.8, 4) is 0 Å². The molecule has 1 saturated heterocycles. The van der Waals surface area contributed by atoms with Crippen molar-refractivity contribution in [3.63, 3.8) is 0 Å². The average Bonchev–Trinajstić information content (AvgIpc) is 3.26. The molecule has 0 aliphatic carbocycles. The first-order valence-corrected chi connectivity index (χ1v) is 11.7. The van der Waals surface area contributed by atoms with Gasteiger partial charge in [0.2, 0.25) is 21.8 Å². The highest BCUT2D eigenvalue weighted by Gasteiger charge is 2.31. The van der Waals surface area contributed by atoms with Crippen LogP contribution >= 0.6 is 11.3 Å². The summed E-state index contributed by atoms with van der Waals surface area (Å²) in [7, 11) is -3.51. The number of hydrogen-bond acceptors (Lipinski definition) is 7. The van der Waals surface area contributed by atoms with Crippen LogP contribution in [0.5, 0.6) is 0 Å². The van der Waals surface area contributed by atoms with Crippen LogP contribution in [0.3, 0.4) is 0 Å². The molecule has 0 aromatic carbocycles. The van der Waals surface area contributed by atoms with Crippen molar-refractivity contribution < 1.29 is 17.7 Å². The van der Waals surface area contributed by atoms with E-state index in [-0.39, 0.29) is 12.3 Å². The first-order chi connectivity index (χ1) is 13.3. The largest absolute Gasteiger partial charge is 0.340 e. The van der Waals surface area contributed by atoms with E-state index < -0.39 is 10.0 Å². The summed E-state index contributed by atoms with van der Waals surface area (Å²) in [6.07, 6.45) is 2.39. The van der Waals surface area contributed by atoms with Gasteiger partial charge < -0.3 is 9.42 Å². The molecule has 8 nitrogen and oxygen atoms in total. The zero-order valence-corrected chi connectivity index (χ0v) is 18.1. The number of aromatic nitrogens is 2. The standard InChI is InChI=1S/C18H26N4O4S2/c1-4-5-16-19-17(26-20-16)6-7-18(23)21-8-10-22(11-9-21)28(24,25)15-12-13(2)27-14(15)3/h12H,4-11H2,1-3H3. The zero-order chi connectivity index (χ0) is 20.3. The highest BCUT2D eigenvalue weighted by molar-refractivity contribution is 7.89. The number of sulfonamides is 1. The van der Waals surface area contributed by atoms with E-state index in [1.807, 2.05) is 20.8 Å². The fourth-order valence-corrected chi connectivity index (χ4v) is 6.22. The molecule has 0 saturated carbocycles. The molecule has 0 atom stereocenters. The molecule has 154 valence electrons. The number of piperazine rings is 1. The number of nitrogens with zero attached hydrogens (tertiary/aromatic N) is 4. The van der Waals surface area contributed by atoms with Gasteiger partial charge in [-0.2, -0.15) is 9.29 Å². The molecule has 1 aliphatic rings. The molecule has 1 amide bonds. The fourth-order valence-electron chi connectivity index (χ4n) is 3.27. The summed E-state index contributed by atoms with van der Waals surface area (Å²) < 4.78 is 32.4. The lowest BCUT2D eigenvalue weighted by Gasteiger charge is -2.34. The molecular formula is C18H26N4O4S2. The molecule has 0 N–H and O–H groups in total. The molecule has 2 aromatic rings. The Balaban J connectivity index is 1.53. The summed E-state index contributed by atoms with van der Waals surface area (Å²) >= 11 is 1.48. The topological polar surface area (TPSA) is 96.6 Å². The number of rotatable bonds is 7. The summed E-state index contributed by atoms with van der Waals surface area (Å²) in [5, 5.41) is 3.89. The van der Waals surface area contributed by atoms with Gasteiger partial charge in [0, 0.05) is 55.2 Å². The quantitative estimate of drug-likeness (QED) is 0.673. The van der Waals surface area contributed by atoms with Gasteiger partial charge in [-0.15, -0.1) is 11.3 Å². The lowest BCUT2D eigenvalue weighted by molar-refractivity contribution is -0.132. The number of thiophene rings is 1. The maximum atomic E-state index is 12.9. The molecule has 10 heteroatoms. The monoisotopic (exact) mass is 426 g/mol. The SMILES string of the molecule is CCCc1noc(CCC(=O)N2CCN(S(=O)(=O)c3cc(C)sc3C)CC2)n1. The van der Waals surface area contributed by atoms with Crippen LogP contribution < -0.4 is 0 Å². The number of carbonyl (C=O) groups excluding carboxylic acids is 1. The normalized spacial score (nSPS) is 15.9. The van der Waals surface area contributed by atoms with Gasteiger partial charge in [-0.1, -0.05) is 12.1 Å². The van der Waals surface area contributed by atoms with Gasteiger partial charge in [0.1, 0.15) is 0 Å². The van der Waals surface area contributed by atoms with Crippen molar-refractivity contribution >= 4 is 27.3 Å². The average molecular weight is 427 g/mol. The van der Waals surface area contributed by atoms with E-state index in [4.69, 9.17) is 4.52 Å². The lowest BCUT2D eigenvalue weighted by atomic mass is 10.2. The Bertz CT molecular complexity index is 927. The smallest absolute Gasteiger partial charge is 0.244 e. The van der Waals surface area contributed by atoms with Crippen molar-refractivity contribution in [2.75, 3.05) is 26.2 Å². The van der Waals surface area contributed by atoms with E-state index in [0.717, 1.165) is 22.6 Å². The number of hydrogen-bond donors (Lipinski definition) is 0. The first-order valence-electron chi connectivity index (χ1n) is 9.47.